The standard InChI is InChI=1S/C19H20FN5O2/c1-25-10-12(9-21-25)18(11-6-13(26)7-11)22-19(27)17-8-16(23-24-17)14-4-2-3-5-15(14)20/h2-5,8-11,13,18,26H,6-7H2,1H3,(H,22,27)(H,23,24)/t11?,13?,18-/m0/s1. The van der Waals surface area contributed by atoms with Crippen molar-refractivity contribution in [1.29, 1.82) is 0 Å². The van der Waals surface area contributed by atoms with Crippen molar-refractivity contribution in [2.75, 3.05) is 0 Å². The Morgan fingerprint density at radius 2 is 2.19 bits per heavy atom. The molecule has 3 N–H and O–H groups in total. The predicted molar refractivity (Wildman–Crippen MR) is 96.1 cm³/mol. The monoisotopic (exact) mass is 369 g/mol. The van der Waals surface area contributed by atoms with Crippen LogP contribution < -0.4 is 5.32 Å². The van der Waals surface area contributed by atoms with Gasteiger partial charge in [0.05, 0.1) is 24.0 Å². The van der Waals surface area contributed by atoms with Gasteiger partial charge in [0.2, 0.25) is 0 Å². The number of amides is 1. The lowest BCUT2D eigenvalue weighted by atomic mass is 9.75. The smallest absolute Gasteiger partial charge is 0.269 e. The normalized spacial score (nSPS) is 20.1. The molecule has 140 valence electrons. The summed E-state index contributed by atoms with van der Waals surface area (Å²) in [6, 6.07) is 7.56. The molecule has 1 aromatic carbocycles. The lowest BCUT2D eigenvalue weighted by Crippen LogP contribution is -2.41. The first-order valence-electron chi connectivity index (χ1n) is 8.79. The summed E-state index contributed by atoms with van der Waals surface area (Å²) in [5.41, 5.74) is 1.84. The molecule has 1 amide bonds. The Kier molecular flexibility index (Phi) is 4.49. The number of aryl methyl sites for hydroxylation is 1. The molecule has 0 spiro atoms. The minimum Gasteiger partial charge on any atom is -0.393 e. The molecule has 1 aliphatic rings. The zero-order valence-electron chi connectivity index (χ0n) is 14.8. The second kappa shape index (κ2) is 6.96. The summed E-state index contributed by atoms with van der Waals surface area (Å²) in [6.07, 6.45) is 4.50. The highest BCUT2D eigenvalue weighted by Crippen LogP contribution is 2.38. The van der Waals surface area contributed by atoms with Crippen LogP contribution in [-0.2, 0) is 7.05 Å². The van der Waals surface area contributed by atoms with Crippen LogP contribution in [0.25, 0.3) is 11.3 Å². The quantitative estimate of drug-likeness (QED) is 0.642. The number of carbonyl (C=O) groups is 1. The van der Waals surface area contributed by atoms with E-state index in [2.05, 4.69) is 20.6 Å². The molecule has 0 bridgehead atoms. The van der Waals surface area contributed by atoms with E-state index in [0.717, 1.165) is 5.56 Å². The molecule has 1 saturated carbocycles. The van der Waals surface area contributed by atoms with E-state index in [9.17, 15) is 14.3 Å². The van der Waals surface area contributed by atoms with Gasteiger partial charge in [-0.3, -0.25) is 14.6 Å². The fourth-order valence-electron chi connectivity index (χ4n) is 3.44. The van der Waals surface area contributed by atoms with Gasteiger partial charge >= 0.3 is 0 Å². The van der Waals surface area contributed by atoms with Crippen molar-refractivity contribution in [2.24, 2.45) is 13.0 Å². The van der Waals surface area contributed by atoms with Crippen LogP contribution in [0.15, 0.2) is 42.7 Å². The summed E-state index contributed by atoms with van der Waals surface area (Å²) in [7, 11) is 1.81. The predicted octanol–water partition coefficient (Wildman–Crippen LogP) is 2.19. The van der Waals surface area contributed by atoms with E-state index >= 15 is 0 Å². The number of rotatable bonds is 5. The van der Waals surface area contributed by atoms with E-state index < -0.39 is 5.82 Å². The Hall–Kier alpha value is -3.00. The van der Waals surface area contributed by atoms with E-state index in [4.69, 9.17) is 0 Å². The summed E-state index contributed by atoms with van der Waals surface area (Å²) >= 11 is 0. The average Bonchev–Trinajstić information content (AvgIpc) is 3.27. The van der Waals surface area contributed by atoms with Gasteiger partial charge in [-0.05, 0) is 37.0 Å². The summed E-state index contributed by atoms with van der Waals surface area (Å²) in [6.45, 7) is 0. The number of halogens is 1. The van der Waals surface area contributed by atoms with Crippen molar-refractivity contribution in [3.05, 3.63) is 59.8 Å². The van der Waals surface area contributed by atoms with E-state index in [1.807, 2.05) is 13.2 Å². The van der Waals surface area contributed by atoms with Crippen LogP contribution in [-0.4, -0.2) is 37.1 Å². The zero-order valence-corrected chi connectivity index (χ0v) is 14.8. The Bertz CT molecular complexity index is 960. The molecule has 0 unspecified atom stereocenters. The molecule has 7 nitrogen and oxygen atoms in total. The van der Waals surface area contributed by atoms with Gasteiger partial charge in [0.15, 0.2) is 0 Å². The summed E-state index contributed by atoms with van der Waals surface area (Å²) in [5.74, 6) is -0.588. The van der Waals surface area contributed by atoms with Gasteiger partial charge < -0.3 is 10.4 Å². The van der Waals surface area contributed by atoms with Gasteiger partial charge in [0, 0.05) is 24.4 Å². The fourth-order valence-corrected chi connectivity index (χ4v) is 3.44. The van der Waals surface area contributed by atoms with Crippen molar-refractivity contribution in [3.8, 4) is 11.3 Å². The third-order valence-electron chi connectivity index (χ3n) is 4.96. The SMILES string of the molecule is Cn1cc([C@@H](NC(=O)c2cc(-c3ccccc3F)n[nH]2)C2CC(O)C2)cn1. The molecule has 1 fully saturated rings. The minimum atomic E-state index is -0.396. The number of aliphatic hydroxyl groups is 1. The van der Waals surface area contributed by atoms with Crippen LogP contribution in [0, 0.1) is 11.7 Å². The van der Waals surface area contributed by atoms with Crippen molar-refractivity contribution in [2.45, 2.75) is 25.0 Å². The Balaban J connectivity index is 1.54. The van der Waals surface area contributed by atoms with Crippen LogP contribution in [0.4, 0.5) is 4.39 Å². The first kappa shape index (κ1) is 17.4. The lowest BCUT2D eigenvalue weighted by molar-refractivity contribution is 0.0234. The molecular formula is C19H20FN5O2. The lowest BCUT2D eigenvalue weighted by Gasteiger charge is -2.37. The van der Waals surface area contributed by atoms with E-state index in [1.165, 1.54) is 12.1 Å². The molecule has 1 atom stereocenters. The zero-order chi connectivity index (χ0) is 19.0. The molecule has 4 rings (SSSR count). The Morgan fingerprint density at radius 3 is 2.85 bits per heavy atom. The number of hydrogen-bond acceptors (Lipinski definition) is 4. The number of carbonyl (C=O) groups excluding carboxylic acids is 1. The molecule has 2 heterocycles. The van der Waals surface area contributed by atoms with E-state index in [0.29, 0.717) is 24.1 Å². The number of H-pyrrole nitrogens is 1. The number of benzene rings is 1. The van der Waals surface area contributed by atoms with E-state index in [1.54, 1.807) is 29.1 Å². The maximum absolute atomic E-state index is 13.9. The van der Waals surface area contributed by atoms with Gasteiger partial charge in [0.25, 0.3) is 5.91 Å². The molecule has 0 aliphatic heterocycles. The summed E-state index contributed by atoms with van der Waals surface area (Å²) in [4.78, 5) is 12.7. The molecule has 3 aromatic rings. The number of hydrogen-bond donors (Lipinski definition) is 3. The van der Waals surface area contributed by atoms with Gasteiger partial charge in [0.1, 0.15) is 11.5 Å². The Morgan fingerprint density at radius 1 is 1.41 bits per heavy atom. The van der Waals surface area contributed by atoms with Crippen molar-refractivity contribution < 1.29 is 14.3 Å². The third kappa shape index (κ3) is 3.48. The summed E-state index contributed by atoms with van der Waals surface area (Å²) in [5, 5.41) is 23.5. The molecule has 8 heteroatoms. The molecule has 1 aliphatic carbocycles. The van der Waals surface area contributed by atoms with Gasteiger partial charge in [-0.2, -0.15) is 10.2 Å². The van der Waals surface area contributed by atoms with Crippen LogP contribution in [0.1, 0.15) is 34.9 Å². The number of aromatic amines is 1. The number of nitrogens with zero attached hydrogens (tertiary/aromatic N) is 3. The third-order valence-corrected chi connectivity index (χ3v) is 4.96. The first-order valence-corrected chi connectivity index (χ1v) is 8.79. The van der Waals surface area contributed by atoms with Crippen LogP contribution >= 0.6 is 0 Å². The maximum Gasteiger partial charge on any atom is 0.269 e. The highest BCUT2D eigenvalue weighted by molar-refractivity contribution is 5.93. The average molecular weight is 369 g/mol. The Labute approximate surface area is 155 Å². The number of aromatic nitrogens is 4. The molecule has 0 saturated heterocycles. The van der Waals surface area contributed by atoms with Crippen molar-refractivity contribution in [1.82, 2.24) is 25.3 Å². The van der Waals surface area contributed by atoms with Crippen LogP contribution in [0.5, 0.6) is 0 Å². The second-order valence-electron chi connectivity index (χ2n) is 6.93. The highest BCUT2D eigenvalue weighted by atomic mass is 19.1. The highest BCUT2D eigenvalue weighted by Gasteiger charge is 2.36. The summed E-state index contributed by atoms with van der Waals surface area (Å²) < 4.78 is 15.6. The van der Waals surface area contributed by atoms with E-state index in [-0.39, 0.29) is 29.7 Å². The molecule has 27 heavy (non-hydrogen) atoms. The fraction of sp³-hybridized carbons (Fsp3) is 0.316. The van der Waals surface area contributed by atoms with Crippen LogP contribution in [0.2, 0.25) is 0 Å². The van der Waals surface area contributed by atoms with Gasteiger partial charge in [-0.1, -0.05) is 12.1 Å². The van der Waals surface area contributed by atoms with Crippen molar-refractivity contribution in [3.63, 3.8) is 0 Å². The number of nitrogens with one attached hydrogen (secondary N) is 2. The minimum absolute atomic E-state index is 0.141. The number of aliphatic hydroxyl groups excluding tert-OH is 1. The molecule has 0 radical (unpaired) electrons. The molecule has 2 aromatic heterocycles. The topological polar surface area (TPSA) is 95.8 Å². The van der Waals surface area contributed by atoms with Gasteiger partial charge in [-0.15, -0.1) is 0 Å². The van der Waals surface area contributed by atoms with Gasteiger partial charge in [-0.25, -0.2) is 4.39 Å². The van der Waals surface area contributed by atoms with Crippen molar-refractivity contribution >= 4 is 5.91 Å². The van der Waals surface area contributed by atoms with Crippen LogP contribution in [0.3, 0.4) is 0 Å². The largest absolute Gasteiger partial charge is 0.393 e. The maximum atomic E-state index is 13.9. The second-order valence-corrected chi connectivity index (χ2v) is 6.93. The molecular weight excluding hydrogens is 349 g/mol. The first-order chi connectivity index (χ1) is 13.0.